The predicted molar refractivity (Wildman–Crippen MR) is 85.9 cm³/mol. The lowest BCUT2D eigenvalue weighted by Crippen LogP contribution is -2.40. The summed E-state index contributed by atoms with van der Waals surface area (Å²) in [4.78, 5) is 11.4. The first-order valence-electron chi connectivity index (χ1n) is 7.38. The van der Waals surface area contributed by atoms with E-state index in [1.54, 1.807) is 0 Å². The number of amides is 1. The van der Waals surface area contributed by atoms with Crippen LogP contribution in [-0.4, -0.2) is 35.5 Å². The van der Waals surface area contributed by atoms with Crippen LogP contribution in [0.25, 0.3) is 0 Å². The number of nitrogens with one attached hydrogen (secondary N) is 2. The highest BCUT2D eigenvalue weighted by Gasteiger charge is 2.19. The van der Waals surface area contributed by atoms with Crippen LogP contribution in [0.5, 0.6) is 5.75 Å². The lowest BCUT2D eigenvalue weighted by atomic mass is 10.0. The summed E-state index contributed by atoms with van der Waals surface area (Å²) in [5, 5.41) is 18.5. The average Bonchev–Trinajstić information content (AvgIpc) is 2.46. The van der Waals surface area contributed by atoms with Crippen molar-refractivity contribution in [2.45, 2.75) is 39.2 Å². The summed E-state index contributed by atoms with van der Waals surface area (Å²) in [5.41, 5.74) is 2.24. The second-order valence-electron chi connectivity index (χ2n) is 6.39. The number of oxime groups is 1. The molecule has 1 aliphatic heterocycles. The van der Waals surface area contributed by atoms with E-state index in [0.29, 0.717) is 25.1 Å². The van der Waals surface area contributed by atoms with Crippen LogP contribution in [0.2, 0.25) is 0 Å². The van der Waals surface area contributed by atoms with Crippen molar-refractivity contribution in [1.82, 2.24) is 5.32 Å². The molecule has 0 unspecified atom stereocenters. The molecule has 0 saturated carbocycles. The number of hydrogen-bond acceptors (Lipinski definition) is 5. The summed E-state index contributed by atoms with van der Waals surface area (Å²) in [6.45, 7) is 6.77. The van der Waals surface area contributed by atoms with Crippen molar-refractivity contribution in [3.8, 4) is 5.75 Å². The number of carbonyl (C=O) groups is 1. The molecule has 1 heterocycles. The molecule has 0 spiro atoms. The van der Waals surface area contributed by atoms with Gasteiger partial charge in [-0.3, -0.25) is 4.79 Å². The molecule has 3 N–H and O–H groups in total. The van der Waals surface area contributed by atoms with Crippen molar-refractivity contribution in [2.24, 2.45) is 5.16 Å². The van der Waals surface area contributed by atoms with E-state index in [9.17, 15) is 4.79 Å². The zero-order valence-corrected chi connectivity index (χ0v) is 13.3. The van der Waals surface area contributed by atoms with E-state index >= 15 is 0 Å². The fraction of sp³-hybridized carbons (Fsp3) is 0.500. The summed E-state index contributed by atoms with van der Waals surface area (Å²) < 4.78 is 5.78. The molecule has 1 aromatic carbocycles. The molecule has 22 heavy (non-hydrogen) atoms. The monoisotopic (exact) mass is 305 g/mol. The molecule has 0 radical (unpaired) electrons. The van der Waals surface area contributed by atoms with Gasteiger partial charge < -0.3 is 20.6 Å². The van der Waals surface area contributed by atoms with Crippen molar-refractivity contribution in [1.29, 1.82) is 0 Å². The van der Waals surface area contributed by atoms with Crippen LogP contribution < -0.4 is 15.4 Å². The van der Waals surface area contributed by atoms with E-state index in [4.69, 9.17) is 9.94 Å². The van der Waals surface area contributed by atoms with E-state index in [1.807, 2.05) is 39.0 Å². The SMILES string of the molecule is CC(C)(C)NC/C(COc1cccc2c1CCC(=O)N2)=N/O. The number of ether oxygens (including phenoxy) is 1. The van der Waals surface area contributed by atoms with Crippen molar-refractivity contribution < 1.29 is 14.7 Å². The van der Waals surface area contributed by atoms with Gasteiger partial charge in [-0.05, 0) is 39.3 Å². The fourth-order valence-electron chi connectivity index (χ4n) is 2.17. The molecule has 6 heteroatoms. The van der Waals surface area contributed by atoms with E-state index < -0.39 is 0 Å². The largest absolute Gasteiger partial charge is 0.487 e. The third-order valence-electron chi connectivity index (χ3n) is 3.37. The van der Waals surface area contributed by atoms with Gasteiger partial charge in [-0.25, -0.2) is 0 Å². The van der Waals surface area contributed by atoms with Crippen LogP contribution in [-0.2, 0) is 11.2 Å². The number of nitrogens with zero attached hydrogens (tertiary/aromatic N) is 1. The standard InChI is InChI=1S/C16H23N3O3/c1-16(2,3)17-9-11(19-21)10-22-14-6-4-5-13-12(14)7-8-15(20)18-13/h4-6,17,21H,7-10H2,1-3H3,(H,18,20)/b19-11-. The number of anilines is 1. The first kappa shape index (κ1) is 16.3. The van der Waals surface area contributed by atoms with E-state index in [2.05, 4.69) is 15.8 Å². The quantitative estimate of drug-likeness (QED) is 0.442. The third-order valence-corrected chi connectivity index (χ3v) is 3.37. The van der Waals surface area contributed by atoms with Gasteiger partial charge in [0.15, 0.2) is 0 Å². The normalized spacial score (nSPS) is 15.2. The van der Waals surface area contributed by atoms with Gasteiger partial charge in [-0.15, -0.1) is 0 Å². The Hall–Kier alpha value is -2.08. The smallest absolute Gasteiger partial charge is 0.224 e. The number of fused-ring (bicyclic) bond motifs is 1. The molecule has 0 fully saturated rings. The molecule has 1 aliphatic rings. The molecule has 6 nitrogen and oxygen atoms in total. The maximum Gasteiger partial charge on any atom is 0.224 e. The highest BCUT2D eigenvalue weighted by molar-refractivity contribution is 5.94. The Balaban J connectivity index is 1.99. The highest BCUT2D eigenvalue weighted by Crippen LogP contribution is 2.30. The molecule has 0 aliphatic carbocycles. The Morgan fingerprint density at radius 2 is 2.18 bits per heavy atom. The maximum atomic E-state index is 11.4. The zero-order chi connectivity index (χ0) is 16.2. The Morgan fingerprint density at radius 1 is 1.41 bits per heavy atom. The van der Waals surface area contributed by atoms with E-state index in [0.717, 1.165) is 17.0 Å². The summed E-state index contributed by atoms with van der Waals surface area (Å²) in [6, 6.07) is 5.56. The number of hydrogen-bond donors (Lipinski definition) is 3. The summed E-state index contributed by atoms with van der Waals surface area (Å²) in [5.74, 6) is 0.742. The minimum atomic E-state index is -0.0634. The summed E-state index contributed by atoms with van der Waals surface area (Å²) >= 11 is 0. The highest BCUT2D eigenvalue weighted by atomic mass is 16.5. The molecular formula is C16H23N3O3. The van der Waals surface area contributed by atoms with Crippen LogP contribution in [0.15, 0.2) is 23.4 Å². The van der Waals surface area contributed by atoms with Crippen LogP contribution in [0, 0.1) is 0 Å². The van der Waals surface area contributed by atoms with Crippen LogP contribution in [0.1, 0.15) is 32.8 Å². The summed E-state index contributed by atoms with van der Waals surface area (Å²) in [6.07, 6.45) is 1.11. The second-order valence-corrected chi connectivity index (χ2v) is 6.39. The van der Waals surface area contributed by atoms with Crippen LogP contribution in [0.4, 0.5) is 5.69 Å². The first-order valence-corrected chi connectivity index (χ1v) is 7.38. The number of rotatable bonds is 5. The lowest BCUT2D eigenvalue weighted by molar-refractivity contribution is -0.116. The Morgan fingerprint density at radius 3 is 2.86 bits per heavy atom. The Kier molecular flexibility index (Phi) is 5.03. The molecule has 0 aromatic heterocycles. The van der Waals surface area contributed by atoms with Gasteiger partial charge in [-0.2, -0.15) is 0 Å². The molecular weight excluding hydrogens is 282 g/mol. The van der Waals surface area contributed by atoms with Gasteiger partial charge in [0, 0.05) is 29.8 Å². The zero-order valence-electron chi connectivity index (χ0n) is 13.3. The lowest BCUT2D eigenvalue weighted by Gasteiger charge is -2.22. The van der Waals surface area contributed by atoms with Crippen molar-refractivity contribution in [2.75, 3.05) is 18.5 Å². The molecule has 1 aromatic rings. The molecule has 120 valence electrons. The van der Waals surface area contributed by atoms with Crippen molar-refractivity contribution in [3.63, 3.8) is 0 Å². The van der Waals surface area contributed by atoms with E-state index in [-0.39, 0.29) is 18.1 Å². The maximum absolute atomic E-state index is 11.4. The predicted octanol–water partition coefficient (Wildman–Crippen LogP) is 2.17. The second kappa shape index (κ2) is 6.79. The molecule has 0 saturated heterocycles. The van der Waals surface area contributed by atoms with Gasteiger partial charge in [-0.1, -0.05) is 11.2 Å². The molecule has 2 rings (SSSR count). The van der Waals surface area contributed by atoms with Gasteiger partial charge in [0.1, 0.15) is 18.1 Å². The molecule has 0 bridgehead atoms. The first-order chi connectivity index (χ1) is 10.4. The third kappa shape index (κ3) is 4.46. The minimum absolute atomic E-state index is 0.0247. The molecule has 0 atom stereocenters. The Bertz CT molecular complexity index is 576. The van der Waals surface area contributed by atoms with Gasteiger partial charge in [0.2, 0.25) is 5.91 Å². The topological polar surface area (TPSA) is 83.0 Å². The van der Waals surface area contributed by atoms with Crippen LogP contribution >= 0.6 is 0 Å². The van der Waals surface area contributed by atoms with Crippen LogP contribution in [0.3, 0.4) is 0 Å². The van der Waals surface area contributed by atoms with Gasteiger partial charge in [0.05, 0.1) is 0 Å². The number of benzene rings is 1. The fourth-order valence-corrected chi connectivity index (χ4v) is 2.17. The minimum Gasteiger partial charge on any atom is -0.487 e. The summed E-state index contributed by atoms with van der Waals surface area (Å²) in [7, 11) is 0. The van der Waals surface area contributed by atoms with E-state index in [1.165, 1.54) is 0 Å². The average molecular weight is 305 g/mol. The molecule has 1 amide bonds. The van der Waals surface area contributed by atoms with Gasteiger partial charge >= 0.3 is 0 Å². The Labute approximate surface area is 130 Å². The van der Waals surface area contributed by atoms with Crippen molar-refractivity contribution >= 4 is 17.3 Å². The van der Waals surface area contributed by atoms with Gasteiger partial charge in [0.25, 0.3) is 0 Å². The van der Waals surface area contributed by atoms with Crippen molar-refractivity contribution in [3.05, 3.63) is 23.8 Å². The number of carbonyl (C=O) groups excluding carboxylic acids is 1.